The monoisotopic (exact) mass is 419 g/mol. The Balaban J connectivity index is 0.00000242. The van der Waals surface area contributed by atoms with Gasteiger partial charge in [-0.15, -0.1) is 24.0 Å². The molecular formula is C16H30IN5. The predicted octanol–water partition coefficient (Wildman–Crippen LogP) is 2.92. The number of nitrogens with one attached hydrogen (secondary N) is 2. The number of nitrogens with zero attached hydrogens (tertiary/aromatic N) is 3. The summed E-state index contributed by atoms with van der Waals surface area (Å²) in [6.07, 6.45) is 8.65. The average Bonchev–Trinajstić information content (AvgIpc) is 2.93. The Morgan fingerprint density at radius 2 is 1.95 bits per heavy atom. The lowest BCUT2D eigenvalue weighted by molar-refractivity contribution is 0.269. The van der Waals surface area contributed by atoms with Crippen LogP contribution in [-0.2, 0) is 13.6 Å². The van der Waals surface area contributed by atoms with Crippen molar-refractivity contribution in [1.82, 2.24) is 20.4 Å². The molecule has 0 amide bonds. The summed E-state index contributed by atoms with van der Waals surface area (Å²) in [6, 6.07) is 2.02. The van der Waals surface area contributed by atoms with Crippen molar-refractivity contribution >= 4 is 29.9 Å². The van der Waals surface area contributed by atoms with Gasteiger partial charge in [0.15, 0.2) is 5.96 Å². The van der Waals surface area contributed by atoms with Crippen molar-refractivity contribution in [3.8, 4) is 0 Å². The van der Waals surface area contributed by atoms with Crippen LogP contribution in [0.15, 0.2) is 17.3 Å². The Labute approximate surface area is 151 Å². The number of aryl methyl sites for hydroxylation is 1. The highest BCUT2D eigenvalue weighted by Crippen LogP contribution is 2.29. The smallest absolute Gasteiger partial charge is 0.191 e. The van der Waals surface area contributed by atoms with Crippen LogP contribution in [0.3, 0.4) is 0 Å². The van der Waals surface area contributed by atoms with Gasteiger partial charge in [-0.1, -0.05) is 26.2 Å². The fraction of sp³-hybridized carbons (Fsp3) is 0.750. The number of guanidine groups is 1. The Bertz CT molecular complexity index is 449. The molecule has 0 spiro atoms. The third kappa shape index (κ3) is 5.78. The Morgan fingerprint density at radius 3 is 2.50 bits per heavy atom. The van der Waals surface area contributed by atoms with E-state index in [0.717, 1.165) is 36.6 Å². The summed E-state index contributed by atoms with van der Waals surface area (Å²) >= 11 is 0. The molecule has 1 aromatic heterocycles. The van der Waals surface area contributed by atoms with Gasteiger partial charge in [-0.05, 0) is 30.7 Å². The second-order valence-corrected chi connectivity index (χ2v) is 6.05. The van der Waals surface area contributed by atoms with Gasteiger partial charge in [-0.2, -0.15) is 5.10 Å². The van der Waals surface area contributed by atoms with E-state index in [1.165, 1.54) is 32.1 Å². The maximum Gasteiger partial charge on any atom is 0.191 e. The normalized spacial score (nSPS) is 22.0. The molecule has 0 aliphatic heterocycles. The molecule has 0 atom stereocenters. The number of halogens is 1. The molecule has 0 radical (unpaired) electrons. The van der Waals surface area contributed by atoms with Gasteiger partial charge in [-0.3, -0.25) is 9.67 Å². The molecule has 1 aliphatic carbocycles. The summed E-state index contributed by atoms with van der Waals surface area (Å²) < 4.78 is 1.88. The SMILES string of the molecule is CCC1CCC(CNC(=NC)NCc2ccnn2C)CC1.I. The number of hydrogen-bond donors (Lipinski definition) is 2. The average molecular weight is 419 g/mol. The minimum Gasteiger partial charge on any atom is -0.356 e. The molecule has 0 saturated heterocycles. The van der Waals surface area contributed by atoms with Gasteiger partial charge in [0.2, 0.25) is 0 Å². The maximum atomic E-state index is 4.30. The highest BCUT2D eigenvalue weighted by molar-refractivity contribution is 14.0. The molecule has 126 valence electrons. The number of hydrogen-bond acceptors (Lipinski definition) is 2. The summed E-state index contributed by atoms with van der Waals surface area (Å²) in [6.45, 7) is 4.09. The van der Waals surface area contributed by atoms with Gasteiger partial charge in [0, 0.05) is 26.8 Å². The first-order chi connectivity index (χ1) is 10.2. The summed E-state index contributed by atoms with van der Waals surface area (Å²) in [5, 5.41) is 11.0. The first-order valence-electron chi connectivity index (χ1n) is 8.14. The molecule has 0 unspecified atom stereocenters. The molecular weight excluding hydrogens is 389 g/mol. The van der Waals surface area contributed by atoms with Gasteiger partial charge < -0.3 is 10.6 Å². The fourth-order valence-electron chi connectivity index (χ4n) is 3.05. The molecule has 1 heterocycles. The van der Waals surface area contributed by atoms with Crippen LogP contribution in [0.5, 0.6) is 0 Å². The molecule has 1 saturated carbocycles. The molecule has 1 aliphatic rings. The van der Waals surface area contributed by atoms with Crippen molar-refractivity contribution in [2.24, 2.45) is 23.9 Å². The zero-order chi connectivity index (χ0) is 15.1. The van der Waals surface area contributed by atoms with Crippen LogP contribution >= 0.6 is 24.0 Å². The molecule has 22 heavy (non-hydrogen) atoms. The van der Waals surface area contributed by atoms with Gasteiger partial charge in [0.1, 0.15) is 0 Å². The van der Waals surface area contributed by atoms with Crippen molar-refractivity contribution in [2.45, 2.75) is 45.6 Å². The highest BCUT2D eigenvalue weighted by atomic mass is 127. The molecule has 0 aromatic carbocycles. The van der Waals surface area contributed by atoms with E-state index >= 15 is 0 Å². The van der Waals surface area contributed by atoms with E-state index in [9.17, 15) is 0 Å². The summed E-state index contributed by atoms with van der Waals surface area (Å²) in [4.78, 5) is 4.30. The van der Waals surface area contributed by atoms with Crippen LogP contribution in [0.1, 0.15) is 44.7 Å². The van der Waals surface area contributed by atoms with Crippen LogP contribution in [0.25, 0.3) is 0 Å². The molecule has 2 rings (SSSR count). The lowest BCUT2D eigenvalue weighted by Gasteiger charge is -2.28. The molecule has 5 nitrogen and oxygen atoms in total. The van der Waals surface area contributed by atoms with E-state index in [-0.39, 0.29) is 24.0 Å². The first-order valence-corrected chi connectivity index (χ1v) is 8.14. The zero-order valence-electron chi connectivity index (χ0n) is 14.0. The minimum atomic E-state index is 0. The summed E-state index contributed by atoms with van der Waals surface area (Å²) in [5.41, 5.74) is 1.15. The van der Waals surface area contributed by atoms with E-state index in [1.807, 2.05) is 31.0 Å². The van der Waals surface area contributed by atoms with Gasteiger partial charge in [0.25, 0.3) is 0 Å². The third-order valence-corrected chi connectivity index (χ3v) is 4.68. The van der Waals surface area contributed by atoms with E-state index in [0.29, 0.717) is 0 Å². The molecule has 2 N–H and O–H groups in total. The quantitative estimate of drug-likeness (QED) is 0.439. The van der Waals surface area contributed by atoms with Crippen molar-refractivity contribution in [3.63, 3.8) is 0 Å². The van der Waals surface area contributed by atoms with Crippen molar-refractivity contribution in [2.75, 3.05) is 13.6 Å². The molecule has 1 aromatic rings. The van der Waals surface area contributed by atoms with Gasteiger partial charge >= 0.3 is 0 Å². The van der Waals surface area contributed by atoms with E-state index < -0.39 is 0 Å². The van der Waals surface area contributed by atoms with E-state index in [4.69, 9.17) is 0 Å². The van der Waals surface area contributed by atoms with Crippen molar-refractivity contribution in [3.05, 3.63) is 18.0 Å². The van der Waals surface area contributed by atoms with Crippen LogP contribution in [0.4, 0.5) is 0 Å². The molecule has 1 fully saturated rings. The second kappa shape index (κ2) is 10.1. The molecule has 6 heteroatoms. The van der Waals surface area contributed by atoms with E-state index in [1.54, 1.807) is 0 Å². The van der Waals surface area contributed by atoms with Crippen LogP contribution in [0.2, 0.25) is 0 Å². The highest BCUT2D eigenvalue weighted by Gasteiger charge is 2.19. The van der Waals surface area contributed by atoms with Crippen molar-refractivity contribution in [1.29, 1.82) is 0 Å². The predicted molar refractivity (Wildman–Crippen MR) is 103 cm³/mol. The standard InChI is InChI=1S/C16H29N5.HI/c1-4-13-5-7-14(8-6-13)11-18-16(17-2)19-12-15-9-10-20-21(15)3;/h9-10,13-14H,4-8,11-12H2,1-3H3,(H2,17,18,19);1H. The summed E-state index contributed by atoms with van der Waals surface area (Å²) in [5.74, 6) is 2.64. The first kappa shape index (κ1) is 19.3. The zero-order valence-corrected chi connectivity index (χ0v) is 16.3. The van der Waals surface area contributed by atoms with Crippen LogP contribution < -0.4 is 10.6 Å². The Kier molecular flexibility index (Phi) is 8.82. The van der Waals surface area contributed by atoms with Gasteiger partial charge in [-0.25, -0.2) is 0 Å². The van der Waals surface area contributed by atoms with Gasteiger partial charge in [0.05, 0.1) is 12.2 Å². The second-order valence-electron chi connectivity index (χ2n) is 6.05. The Morgan fingerprint density at radius 1 is 1.27 bits per heavy atom. The minimum absolute atomic E-state index is 0. The molecule has 0 bridgehead atoms. The maximum absolute atomic E-state index is 4.30. The fourth-order valence-corrected chi connectivity index (χ4v) is 3.05. The lowest BCUT2D eigenvalue weighted by Crippen LogP contribution is -2.40. The van der Waals surface area contributed by atoms with E-state index in [2.05, 4.69) is 27.6 Å². The lowest BCUT2D eigenvalue weighted by atomic mass is 9.81. The number of aliphatic imine (C=N–C) groups is 1. The number of aromatic nitrogens is 2. The van der Waals surface area contributed by atoms with Crippen LogP contribution in [-0.4, -0.2) is 29.3 Å². The topological polar surface area (TPSA) is 54.2 Å². The van der Waals surface area contributed by atoms with Crippen LogP contribution in [0, 0.1) is 11.8 Å². The Hall–Kier alpha value is -0.790. The largest absolute Gasteiger partial charge is 0.356 e. The number of rotatable bonds is 5. The summed E-state index contributed by atoms with van der Waals surface area (Å²) in [7, 11) is 3.78. The third-order valence-electron chi connectivity index (χ3n) is 4.68. The van der Waals surface area contributed by atoms with Crippen molar-refractivity contribution < 1.29 is 0 Å².